The number of hydrogen-bond donors (Lipinski definition) is 1. The monoisotopic (exact) mass is 440 g/mol. The molecular weight excluding hydrogens is 416 g/mol. The number of fused-ring (bicyclic) bond motifs is 1. The van der Waals surface area contributed by atoms with E-state index in [2.05, 4.69) is 5.32 Å². The number of hydrogen-bond acceptors (Lipinski definition) is 6. The molecule has 0 bridgehead atoms. The van der Waals surface area contributed by atoms with Gasteiger partial charge in [-0.15, -0.1) is 11.8 Å². The Bertz CT molecular complexity index is 966. The van der Waals surface area contributed by atoms with Crippen molar-refractivity contribution < 1.29 is 23.9 Å². The van der Waals surface area contributed by atoms with Crippen molar-refractivity contribution in [2.75, 3.05) is 0 Å². The number of carbonyl (C=O) groups excluding carboxylic acids is 3. The molecule has 2 heterocycles. The summed E-state index contributed by atoms with van der Waals surface area (Å²) in [5.74, 6) is -1.01. The van der Waals surface area contributed by atoms with Crippen LogP contribution in [0, 0.1) is 0 Å². The van der Waals surface area contributed by atoms with Crippen molar-refractivity contribution >= 4 is 29.7 Å². The van der Waals surface area contributed by atoms with Gasteiger partial charge in [-0.2, -0.15) is 0 Å². The van der Waals surface area contributed by atoms with E-state index in [0.717, 1.165) is 11.1 Å². The highest BCUT2D eigenvalue weighted by Gasteiger charge is 2.61. The number of nitrogens with one attached hydrogen (secondary N) is 1. The zero-order chi connectivity index (χ0) is 22.0. The second-order valence-electron chi connectivity index (χ2n) is 8.04. The van der Waals surface area contributed by atoms with Gasteiger partial charge in [0.1, 0.15) is 24.6 Å². The Morgan fingerprint density at radius 3 is 2.00 bits per heavy atom. The maximum atomic E-state index is 12.9. The number of urea groups is 1. The SMILES string of the molecule is CC1(C)S[C@@H]2C(C(=O)OCc3ccccc3)NC(=O)N2C1C(=O)OCc1ccccc1. The fourth-order valence-corrected chi connectivity index (χ4v) is 5.46. The Morgan fingerprint density at radius 1 is 0.935 bits per heavy atom. The van der Waals surface area contributed by atoms with Gasteiger partial charge in [0.15, 0.2) is 6.04 Å². The summed E-state index contributed by atoms with van der Waals surface area (Å²) in [6.07, 6.45) is 0. The smallest absolute Gasteiger partial charge is 0.332 e. The summed E-state index contributed by atoms with van der Waals surface area (Å²) >= 11 is 1.40. The van der Waals surface area contributed by atoms with Crippen molar-refractivity contribution in [2.45, 2.75) is 49.3 Å². The summed E-state index contributed by atoms with van der Waals surface area (Å²) in [6.45, 7) is 4.00. The molecule has 2 fully saturated rings. The predicted octanol–water partition coefficient (Wildman–Crippen LogP) is 3.09. The van der Waals surface area contributed by atoms with Crippen LogP contribution in [0.5, 0.6) is 0 Å². The molecule has 4 rings (SSSR count). The van der Waals surface area contributed by atoms with Crippen LogP contribution in [-0.2, 0) is 32.3 Å². The van der Waals surface area contributed by atoms with Crippen LogP contribution in [0.3, 0.4) is 0 Å². The van der Waals surface area contributed by atoms with Crippen molar-refractivity contribution in [2.24, 2.45) is 0 Å². The van der Waals surface area contributed by atoms with E-state index in [0.29, 0.717) is 0 Å². The summed E-state index contributed by atoms with van der Waals surface area (Å²) in [6, 6.07) is 16.6. The second-order valence-corrected chi connectivity index (χ2v) is 9.81. The quantitative estimate of drug-likeness (QED) is 0.695. The third-order valence-corrected chi connectivity index (χ3v) is 6.93. The minimum Gasteiger partial charge on any atom is -0.459 e. The van der Waals surface area contributed by atoms with Gasteiger partial charge in [0, 0.05) is 4.75 Å². The average molecular weight is 441 g/mol. The maximum absolute atomic E-state index is 12.9. The normalized spacial score (nSPS) is 23.7. The molecule has 2 aromatic carbocycles. The molecular formula is C23H24N2O5S. The lowest BCUT2D eigenvalue weighted by Gasteiger charge is -2.28. The fraction of sp³-hybridized carbons (Fsp3) is 0.348. The molecule has 7 nitrogen and oxygen atoms in total. The van der Waals surface area contributed by atoms with Crippen LogP contribution in [0.1, 0.15) is 25.0 Å². The number of benzene rings is 2. The van der Waals surface area contributed by atoms with E-state index in [1.165, 1.54) is 16.7 Å². The maximum Gasteiger partial charge on any atom is 0.332 e. The van der Waals surface area contributed by atoms with Gasteiger partial charge in [0.2, 0.25) is 0 Å². The van der Waals surface area contributed by atoms with Crippen molar-refractivity contribution in [1.29, 1.82) is 0 Å². The zero-order valence-electron chi connectivity index (χ0n) is 17.3. The summed E-state index contributed by atoms with van der Waals surface area (Å²) in [7, 11) is 0. The van der Waals surface area contributed by atoms with E-state index in [1.807, 2.05) is 74.5 Å². The molecule has 2 amide bonds. The van der Waals surface area contributed by atoms with E-state index < -0.39 is 40.2 Å². The Balaban J connectivity index is 1.44. The number of carbonyl (C=O) groups is 3. The van der Waals surface area contributed by atoms with Crippen LogP contribution < -0.4 is 5.32 Å². The Morgan fingerprint density at radius 2 is 1.45 bits per heavy atom. The van der Waals surface area contributed by atoms with Gasteiger partial charge in [-0.3, -0.25) is 4.90 Å². The van der Waals surface area contributed by atoms with Gasteiger partial charge >= 0.3 is 18.0 Å². The molecule has 2 unspecified atom stereocenters. The van der Waals surface area contributed by atoms with Gasteiger partial charge in [-0.1, -0.05) is 60.7 Å². The van der Waals surface area contributed by atoms with Crippen LogP contribution in [-0.4, -0.2) is 45.1 Å². The average Bonchev–Trinajstić information content (AvgIpc) is 3.23. The van der Waals surface area contributed by atoms with Crippen molar-refractivity contribution in [3.63, 3.8) is 0 Å². The number of rotatable bonds is 6. The van der Waals surface area contributed by atoms with Gasteiger partial charge in [0.25, 0.3) is 0 Å². The van der Waals surface area contributed by atoms with Crippen molar-refractivity contribution in [3.8, 4) is 0 Å². The highest BCUT2D eigenvalue weighted by Crippen LogP contribution is 2.48. The molecule has 2 aliphatic rings. The van der Waals surface area contributed by atoms with E-state index in [9.17, 15) is 14.4 Å². The van der Waals surface area contributed by atoms with Crippen LogP contribution in [0.25, 0.3) is 0 Å². The van der Waals surface area contributed by atoms with E-state index in [-0.39, 0.29) is 13.2 Å². The van der Waals surface area contributed by atoms with Crippen molar-refractivity contribution in [3.05, 3.63) is 71.8 Å². The first kappa shape index (κ1) is 21.2. The number of ether oxygens (including phenoxy) is 2. The van der Waals surface area contributed by atoms with Gasteiger partial charge in [0.05, 0.1) is 0 Å². The predicted molar refractivity (Wildman–Crippen MR) is 116 cm³/mol. The zero-order valence-corrected chi connectivity index (χ0v) is 18.1. The lowest BCUT2D eigenvalue weighted by Crippen LogP contribution is -2.50. The molecule has 2 aromatic rings. The topological polar surface area (TPSA) is 84.9 Å². The number of amides is 2. The molecule has 2 aliphatic heterocycles. The Labute approximate surface area is 185 Å². The molecule has 0 aromatic heterocycles. The highest BCUT2D eigenvalue weighted by molar-refractivity contribution is 8.01. The first-order chi connectivity index (χ1) is 14.9. The fourth-order valence-electron chi connectivity index (χ4n) is 3.85. The molecule has 2 saturated heterocycles. The van der Waals surface area contributed by atoms with Gasteiger partial charge < -0.3 is 14.8 Å². The summed E-state index contributed by atoms with van der Waals surface area (Å²) in [5.41, 5.74) is 1.72. The first-order valence-corrected chi connectivity index (χ1v) is 10.9. The third-order valence-electron chi connectivity index (χ3n) is 5.36. The lowest BCUT2D eigenvalue weighted by atomic mass is 10.0. The van der Waals surface area contributed by atoms with Crippen LogP contribution in [0.15, 0.2) is 60.7 Å². The lowest BCUT2D eigenvalue weighted by molar-refractivity contribution is -0.152. The van der Waals surface area contributed by atoms with E-state index in [4.69, 9.17) is 9.47 Å². The number of thioether (sulfide) groups is 1. The highest BCUT2D eigenvalue weighted by atomic mass is 32.2. The minimum absolute atomic E-state index is 0.120. The second kappa shape index (κ2) is 8.63. The standard InChI is InChI=1S/C23H24N2O5S/c1-23(2)18(21(27)30-14-16-11-7-4-8-12-16)25-19(31-23)17(24-22(25)28)20(26)29-13-15-9-5-3-6-10-15/h3-12,17-19H,13-14H2,1-2H3,(H,24,28)/t17?,18?,19-/m1/s1. The molecule has 8 heteroatoms. The Kier molecular flexibility index (Phi) is 5.91. The van der Waals surface area contributed by atoms with Crippen molar-refractivity contribution in [1.82, 2.24) is 10.2 Å². The van der Waals surface area contributed by atoms with E-state index >= 15 is 0 Å². The van der Waals surface area contributed by atoms with Gasteiger partial charge in [-0.05, 0) is 25.0 Å². The van der Waals surface area contributed by atoms with Crippen LogP contribution in [0.2, 0.25) is 0 Å². The van der Waals surface area contributed by atoms with E-state index in [1.54, 1.807) is 0 Å². The number of esters is 2. The molecule has 3 atom stereocenters. The van der Waals surface area contributed by atoms with Crippen LogP contribution >= 0.6 is 11.8 Å². The largest absolute Gasteiger partial charge is 0.459 e. The molecule has 0 spiro atoms. The molecule has 162 valence electrons. The van der Waals surface area contributed by atoms with Gasteiger partial charge in [-0.25, -0.2) is 14.4 Å². The molecule has 0 radical (unpaired) electrons. The molecule has 1 N–H and O–H groups in total. The third kappa shape index (κ3) is 4.39. The summed E-state index contributed by atoms with van der Waals surface area (Å²) in [5, 5.41) is 2.13. The Hall–Kier alpha value is -3.00. The minimum atomic E-state index is -0.854. The molecule has 31 heavy (non-hydrogen) atoms. The summed E-state index contributed by atoms with van der Waals surface area (Å²) in [4.78, 5) is 39.8. The van der Waals surface area contributed by atoms with Crippen LogP contribution in [0.4, 0.5) is 4.79 Å². The molecule has 0 aliphatic carbocycles. The number of nitrogens with zero attached hydrogens (tertiary/aromatic N) is 1. The first-order valence-electron chi connectivity index (χ1n) is 10.0. The summed E-state index contributed by atoms with van der Waals surface area (Å²) < 4.78 is 10.3. The molecule has 0 saturated carbocycles.